The van der Waals surface area contributed by atoms with Crippen molar-refractivity contribution < 1.29 is 0 Å². The number of fused-ring (bicyclic) bond motifs is 5. The van der Waals surface area contributed by atoms with Gasteiger partial charge in [-0.05, 0) is 54.8 Å². The minimum absolute atomic E-state index is 0.739. The van der Waals surface area contributed by atoms with Crippen molar-refractivity contribution in [3.63, 3.8) is 0 Å². The normalized spacial score (nSPS) is 56.1. The quantitative estimate of drug-likeness (QED) is 0.582. The Bertz CT molecular complexity index is 232. The summed E-state index contributed by atoms with van der Waals surface area (Å²) in [5, 5.41) is 0. The van der Waals surface area contributed by atoms with Gasteiger partial charge in [-0.15, -0.1) is 0 Å². The third kappa shape index (κ3) is 1.06. The number of hydrogen-bond donors (Lipinski definition) is 0. The lowest BCUT2D eigenvalue weighted by Crippen LogP contribution is -2.36. The van der Waals surface area contributed by atoms with E-state index in [1.165, 1.54) is 19.3 Å². The van der Waals surface area contributed by atoms with E-state index in [1.54, 1.807) is 25.7 Å². The standard InChI is InChI=1S/C14H24/c1-3-14(2)9-10-8-13(14)12-7-5-4-6-11(10)12/h10-13H,3-9H2,1-2H3/t10?,11?,12?,13?,14-/m0/s1. The van der Waals surface area contributed by atoms with Crippen LogP contribution in [0.1, 0.15) is 58.8 Å². The molecule has 0 aromatic heterocycles. The first-order valence-corrected chi connectivity index (χ1v) is 6.74. The molecule has 0 radical (unpaired) electrons. The molecule has 0 nitrogen and oxygen atoms in total. The maximum Gasteiger partial charge on any atom is -0.0295 e. The van der Waals surface area contributed by atoms with E-state index in [9.17, 15) is 0 Å². The van der Waals surface area contributed by atoms with E-state index < -0.39 is 0 Å². The molecule has 4 unspecified atom stereocenters. The summed E-state index contributed by atoms with van der Waals surface area (Å²) in [6, 6.07) is 0. The Morgan fingerprint density at radius 2 is 1.86 bits per heavy atom. The molecule has 0 aliphatic heterocycles. The Morgan fingerprint density at radius 3 is 2.57 bits per heavy atom. The number of hydrogen-bond acceptors (Lipinski definition) is 0. The van der Waals surface area contributed by atoms with E-state index in [4.69, 9.17) is 0 Å². The van der Waals surface area contributed by atoms with Crippen LogP contribution in [-0.2, 0) is 0 Å². The van der Waals surface area contributed by atoms with Gasteiger partial charge < -0.3 is 0 Å². The van der Waals surface area contributed by atoms with Gasteiger partial charge in [0.25, 0.3) is 0 Å². The van der Waals surface area contributed by atoms with Crippen LogP contribution in [-0.4, -0.2) is 0 Å². The summed E-state index contributed by atoms with van der Waals surface area (Å²) in [7, 11) is 0. The average molecular weight is 192 g/mol. The van der Waals surface area contributed by atoms with E-state index in [0.29, 0.717) is 0 Å². The molecule has 3 saturated carbocycles. The van der Waals surface area contributed by atoms with Gasteiger partial charge in [0.15, 0.2) is 0 Å². The van der Waals surface area contributed by atoms with Crippen LogP contribution in [0.25, 0.3) is 0 Å². The Kier molecular flexibility index (Phi) is 1.98. The van der Waals surface area contributed by atoms with Crippen LogP contribution in [0.2, 0.25) is 0 Å². The van der Waals surface area contributed by atoms with Crippen LogP contribution in [0.5, 0.6) is 0 Å². The lowest BCUT2D eigenvalue weighted by molar-refractivity contribution is 0.0508. The molecule has 14 heavy (non-hydrogen) atoms. The zero-order chi connectivity index (χ0) is 9.76. The Morgan fingerprint density at radius 1 is 1.14 bits per heavy atom. The summed E-state index contributed by atoms with van der Waals surface area (Å²) in [5.74, 6) is 4.55. The second-order valence-electron chi connectivity index (χ2n) is 6.43. The topological polar surface area (TPSA) is 0 Å². The van der Waals surface area contributed by atoms with Gasteiger partial charge in [-0.1, -0.05) is 33.1 Å². The van der Waals surface area contributed by atoms with E-state index in [0.717, 1.165) is 29.1 Å². The highest BCUT2D eigenvalue weighted by Gasteiger charge is 2.56. The van der Waals surface area contributed by atoms with Crippen molar-refractivity contribution in [1.82, 2.24) is 0 Å². The van der Waals surface area contributed by atoms with Crippen molar-refractivity contribution in [2.45, 2.75) is 58.8 Å². The van der Waals surface area contributed by atoms with E-state index in [2.05, 4.69) is 13.8 Å². The zero-order valence-corrected chi connectivity index (χ0v) is 9.76. The first-order chi connectivity index (χ1) is 6.74. The van der Waals surface area contributed by atoms with Gasteiger partial charge in [0.2, 0.25) is 0 Å². The molecule has 0 heterocycles. The Hall–Kier alpha value is 0. The van der Waals surface area contributed by atoms with Crippen molar-refractivity contribution in [2.24, 2.45) is 29.1 Å². The Labute approximate surface area is 88.5 Å². The predicted octanol–water partition coefficient (Wildman–Crippen LogP) is 4.25. The van der Waals surface area contributed by atoms with Crippen LogP contribution in [0.4, 0.5) is 0 Å². The molecule has 0 heteroatoms. The largest absolute Gasteiger partial charge is 0.0649 e. The highest BCUT2D eigenvalue weighted by molar-refractivity contribution is 5.06. The van der Waals surface area contributed by atoms with Crippen molar-refractivity contribution >= 4 is 0 Å². The summed E-state index contributed by atoms with van der Waals surface area (Å²) in [4.78, 5) is 0. The van der Waals surface area contributed by atoms with E-state index in [1.807, 2.05) is 0 Å². The second kappa shape index (κ2) is 3.00. The smallest absolute Gasteiger partial charge is 0.0295 e. The van der Waals surface area contributed by atoms with Crippen molar-refractivity contribution in [3.05, 3.63) is 0 Å². The molecule has 0 N–H and O–H groups in total. The monoisotopic (exact) mass is 192 g/mol. The van der Waals surface area contributed by atoms with Crippen LogP contribution in [0.15, 0.2) is 0 Å². The lowest BCUT2D eigenvalue weighted by atomic mass is 9.61. The van der Waals surface area contributed by atoms with E-state index in [-0.39, 0.29) is 0 Å². The fourth-order valence-electron chi connectivity index (χ4n) is 5.14. The molecule has 5 atom stereocenters. The summed E-state index contributed by atoms with van der Waals surface area (Å²) in [5.41, 5.74) is 0.739. The predicted molar refractivity (Wildman–Crippen MR) is 60.1 cm³/mol. The van der Waals surface area contributed by atoms with Gasteiger partial charge in [-0.25, -0.2) is 0 Å². The SMILES string of the molecule is CC[C@@]1(C)CC2CC1C1CCCCC21. The van der Waals surface area contributed by atoms with Gasteiger partial charge in [0.05, 0.1) is 0 Å². The van der Waals surface area contributed by atoms with Crippen molar-refractivity contribution in [1.29, 1.82) is 0 Å². The fraction of sp³-hybridized carbons (Fsp3) is 1.00. The summed E-state index contributed by atoms with van der Waals surface area (Å²) in [6.45, 7) is 4.99. The first kappa shape index (κ1) is 9.24. The summed E-state index contributed by atoms with van der Waals surface area (Å²) < 4.78 is 0. The van der Waals surface area contributed by atoms with Crippen LogP contribution < -0.4 is 0 Å². The van der Waals surface area contributed by atoms with Gasteiger partial charge >= 0.3 is 0 Å². The molecule has 0 aromatic carbocycles. The molecular weight excluding hydrogens is 168 g/mol. The second-order valence-corrected chi connectivity index (χ2v) is 6.43. The molecule has 3 aliphatic rings. The van der Waals surface area contributed by atoms with Crippen molar-refractivity contribution in [2.75, 3.05) is 0 Å². The van der Waals surface area contributed by atoms with E-state index >= 15 is 0 Å². The van der Waals surface area contributed by atoms with Crippen LogP contribution in [0, 0.1) is 29.1 Å². The van der Waals surface area contributed by atoms with Crippen LogP contribution in [0.3, 0.4) is 0 Å². The summed E-state index contributed by atoms with van der Waals surface area (Å²) >= 11 is 0. The minimum atomic E-state index is 0.739. The maximum absolute atomic E-state index is 2.57. The zero-order valence-electron chi connectivity index (χ0n) is 9.76. The highest BCUT2D eigenvalue weighted by Crippen LogP contribution is 2.65. The van der Waals surface area contributed by atoms with Gasteiger partial charge in [0.1, 0.15) is 0 Å². The molecule has 0 saturated heterocycles. The molecule has 3 fully saturated rings. The summed E-state index contributed by atoms with van der Waals surface area (Å²) in [6.07, 6.45) is 10.8. The van der Waals surface area contributed by atoms with Gasteiger partial charge in [-0.3, -0.25) is 0 Å². The first-order valence-electron chi connectivity index (χ1n) is 6.74. The van der Waals surface area contributed by atoms with Crippen LogP contribution >= 0.6 is 0 Å². The molecule has 0 aromatic rings. The van der Waals surface area contributed by atoms with Gasteiger partial charge in [-0.2, -0.15) is 0 Å². The molecular formula is C14H24. The molecule has 3 aliphatic carbocycles. The lowest BCUT2D eigenvalue weighted by Gasteiger charge is -2.44. The molecule has 80 valence electrons. The maximum atomic E-state index is 2.57. The fourth-order valence-corrected chi connectivity index (χ4v) is 5.14. The molecule has 0 spiro atoms. The molecule has 0 amide bonds. The molecule has 3 rings (SSSR count). The number of rotatable bonds is 1. The molecule has 2 bridgehead atoms. The highest BCUT2D eigenvalue weighted by atomic mass is 14.6. The van der Waals surface area contributed by atoms with Gasteiger partial charge in [0, 0.05) is 0 Å². The minimum Gasteiger partial charge on any atom is -0.0649 e. The third-order valence-electron chi connectivity index (χ3n) is 5.99. The van der Waals surface area contributed by atoms with Crippen molar-refractivity contribution in [3.8, 4) is 0 Å². The average Bonchev–Trinajstić information content (AvgIpc) is 2.74. The third-order valence-corrected chi connectivity index (χ3v) is 5.99. The Balaban J connectivity index is 1.85.